The number of aromatic nitrogens is 4. The molecule has 3 heterocycles. The van der Waals surface area contributed by atoms with Gasteiger partial charge in [-0.1, -0.05) is 169 Å². The first-order chi connectivity index (χ1) is 28.2. The van der Waals surface area contributed by atoms with Crippen LogP contribution in [0, 0.1) is 6.92 Å². The van der Waals surface area contributed by atoms with E-state index in [0.717, 1.165) is 22.3 Å². The molecule has 4 nitrogen and oxygen atoms in total. The van der Waals surface area contributed by atoms with Gasteiger partial charge in [0.15, 0.2) is 17.5 Å². The molecular formula is C52H34N4S. The molecule has 0 radical (unpaired) electrons. The van der Waals surface area contributed by atoms with E-state index in [4.69, 9.17) is 15.0 Å². The molecule has 57 heavy (non-hydrogen) atoms. The standard InChI is InChI=1S/C52H34N4S/c1-33-32-53-30-29-37(33)38-19-8-9-20-39(38)42-23-14-26-45-48(42)57-47-28-27-36(31-46(47)52(45)43-24-12-10-21-40(43)41-22-11-13-25-44(41)52)51-55-49(34-15-4-2-5-16-34)54-50(56-51)35-17-6-3-7-18-35/h2-32H,1H3. The van der Waals surface area contributed by atoms with E-state index in [2.05, 4.69) is 151 Å². The number of nitrogens with zero attached hydrogens (tertiary/aromatic N) is 4. The van der Waals surface area contributed by atoms with Crippen molar-refractivity contribution in [2.45, 2.75) is 22.1 Å². The fraction of sp³-hybridized carbons (Fsp3) is 0.0385. The molecule has 0 saturated heterocycles. The van der Waals surface area contributed by atoms with Gasteiger partial charge in [0.2, 0.25) is 0 Å². The van der Waals surface area contributed by atoms with E-state index in [1.807, 2.05) is 60.6 Å². The van der Waals surface area contributed by atoms with Crippen LogP contribution in [0.15, 0.2) is 198 Å². The molecule has 1 spiro atoms. The molecule has 0 unspecified atom stereocenters. The van der Waals surface area contributed by atoms with Gasteiger partial charge in [-0.25, -0.2) is 15.0 Å². The Kier molecular flexibility index (Phi) is 7.83. The van der Waals surface area contributed by atoms with Crippen molar-refractivity contribution in [2.24, 2.45) is 0 Å². The minimum atomic E-state index is -0.589. The monoisotopic (exact) mass is 746 g/mol. The van der Waals surface area contributed by atoms with Crippen molar-refractivity contribution >= 4 is 11.8 Å². The van der Waals surface area contributed by atoms with Crippen molar-refractivity contribution in [1.29, 1.82) is 0 Å². The van der Waals surface area contributed by atoms with Crippen LogP contribution >= 0.6 is 11.8 Å². The molecule has 0 atom stereocenters. The summed E-state index contributed by atoms with van der Waals surface area (Å²) in [5.74, 6) is 1.94. The number of rotatable bonds is 5. The topological polar surface area (TPSA) is 51.6 Å². The third kappa shape index (κ3) is 5.23. The lowest BCUT2D eigenvalue weighted by atomic mass is 9.66. The highest BCUT2D eigenvalue weighted by Gasteiger charge is 2.50. The van der Waals surface area contributed by atoms with Crippen LogP contribution in [-0.2, 0) is 5.41 Å². The Morgan fingerprint density at radius 1 is 0.404 bits per heavy atom. The van der Waals surface area contributed by atoms with Crippen LogP contribution in [0.2, 0.25) is 0 Å². The maximum Gasteiger partial charge on any atom is 0.164 e. The second-order valence-electron chi connectivity index (χ2n) is 14.6. The molecule has 0 N–H and O–H groups in total. The molecule has 9 aromatic rings. The van der Waals surface area contributed by atoms with Crippen LogP contribution in [0.4, 0.5) is 0 Å². The second kappa shape index (κ2) is 13.4. The predicted octanol–water partition coefficient (Wildman–Crippen LogP) is 12.7. The zero-order valence-corrected chi connectivity index (χ0v) is 31.9. The minimum Gasteiger partial charge on any atom is -0.264 e. The van der Waals surface area contributed by atoms with Crippen LogP contribution in [0.25, 0.3) is 67.5 Å². The summed E-state index contributed by atoms with van der Waals surface area (Å²) in [6.45, 7) is 2.14. The Labute approximate surface area is 336 Å². The van der Waals surface area contributed by atoms with Gasteiger partial charge in [0.25, 0.3) is 0 Å². The molecule has 2 aliphatic rings. The molecule has 0 fully saturated rings. The number of aryl methyl sites for hydroxylation is 1. The fourth-order valence-corrected chi connectivity index (χ4v) is 10.2. The van der Waals surface area contributed by atoms with E-state index in [1.54, 1.807) is 0 Å². The van der Waals surface area contributed by atoms with E-state index in [1.165, 1.54) is 65.4 Å². The Bertz CT molecular complexity index is 2910. The predicted molar refractivity (Wildman–Crippen MR) is 231 cm³/mol. The number of pyridine rings is 1. The molecule has 11 rings (SSSR count). The first kappa shape index (κ1) is 33.4. The Morgan fingerprint density at radius 3 is 1.53 bits per heavy atom. The number of hydrogen-bond acceptors (Lipinski definition) is 5. The third-order valence-corrected chi connectivity index (χ3v) is 12.7. The molecule has 7 aromatic carbocycles. The van der Waals surface area contributed by atoms with Gasteiger partial charge in [-0.3, -0.25) is 4.98 Å². The summed E-state index contributed by atoms with van der Waals surface area (Å²) in [6, 6.07) is 62.9. The lowest BCUT2D eigenvalue weighted by Crippen LogP contribution is -2.32. The van der Waals surface area contributed by atoms with Gasteiger partial charge in [0, 0.05) is 38.9 Å². The lowest BCUT2D eigenvalue weighted by molar-refractivity contribution is 0.723. The van der Waals surface area contributed by atoms with Crippen LogP contribution in [0.3, 0.4) is 0 Å². The van der Waals surface area contributed by atoms with Gasteiger partial charge in [0.05, 0.1) is 5.41 Å². The number of hydrogen-bond donors (Lipinski definition) is 0. The van der Waals surface area contributed by atoms with E-state index in [0.29, 0.717) is 17.5 Å². The molecule has 5 heteroatoms. The fourth-order valence-electron chi connectivity index (χ4n) is 8.94. The maximum atomic E-state index is 5.16. The summed E-state index contributed by atoms with van der Waals surface area (Å²) >= 11 is 1.86. The molecule has 0 bridgehead atoms. The minimum absolute atomic E-state index is 0.589. The third-order valence-electron chi connectivity index (χ3n) is 11.5. The molecular weight excluding hydrogens is 713 g/mol. The number of benzene rings is 7. The summed E-state index contributed by atoms with van der Waals surface area (Å²) in [4.78, 5) is 22.2. The van der Waals surface area contributed by atoms with Gasteiger partial charge >= 0.3 is 0 Å². The first-order valence-corrected chi connectivity index (χ1v) is 20.0. The summed E-state index contributed by atoms with van der Waals surface area (Å²) < 4.78 is 0. The summed E-state index contributed by atoms with van der Waals surface area (Å²) in [5.41, 5.74) is 15.8. The van der Waals surface area contributed by atoms with E-state index < -0.39 is 5.41 Å². The molecule has 0 amide bonds. The van der Waals surface area contributed by atoms with Gasteiger partial charge in [0.1, 0.15) is 0 Å². The molecule has 1 aliphatic carbocycles. The summed E-state index contributed by atoms with van der Waals surface area (Å²) in [5, 5.41) is 0. The second-order valence-corrected chi connectivity index (χ2v) is 15.7. The van der Waals surface area contributed by atoms with Crippen molar-refractivity contribution in [3.05, 3.63) is 216 Å². The average molecular weight is 747 g/mol. The largest absolute Gasteiger partial charge is 0.264 e. The summed E-state index contributed by atoms with van der Waals surface area (Å²) in [7, 11) is 0. The molecule has 0 saturated carbocycles. The summed E-state index contributed by atoms with van der Waals surface area (Å²) in [6.07, 6.45) is 3.84. The van der Waals surface area contributed by atoms with Crippen LogP contribution in [-0.4, -0.2) is 19.9 Å². The smallest absolute Gasteiger partial charge is 0.164 e. The molecule has 2 aromatic heterocycles. The highest BCUT2D eigenvalue weighted by atomic mass is 32.2. The van der Waals surface area contributed by atoms with Gasteiger partial charge < -0.3 is 0 Å². The first-order valence-electron chi connectivity index (χ1n) is 19.2. The van der Waals surface area contributed by atoms with Crippen molar-refractivity contribution in [1.82, 2.24) is 19.9 Å². The molecule has 1 aliphatic heterocycles. The van der Waals surface area contributed by atoms with Gasteiger partial charge in [-0.2, -0.15) is 0 Å². The average Bonchev–Trinajstić information content (AvgIpc) is 3.57. The van der Waals surface area contributed by atoms with Gasteiger partial charge in [-0.15, -0.1) is 0 Å². The quantitative estimate of drug-likeness (QED) is 0.176. The SMILES string of the molecule is Cc1cnccc1-c1ccccc1-c1cccc2c1Sc1ccc(-c3nc(-c4ccccc4)nc(-c4ccccc4)n3)cc1C21c2ccccc2-c2ccccc21. The van der Waals surface area contributed by atoms with E-state index >= 15 is 0 Å². The Morgan fingerprint density at radius 2 is 0.912 bits per heavy atom. The number of fused-ring (bicyclic) bond motifs is 9. The van der Waals surface area contributed by atoms with Crippen LogP contribution in [0.1, 0.15) is 27.8 Å². The van der Waals surface area contributed by atoms with E-state index in [-0.39, 0.29) is 0 Å². The lowest BCUT2D eigenvalue weighted by Gasteiger charge is -2.40. The van der Waals surface area contributed by atoms with Crippen molar-refractivity contribution < 1.29 is 0 Å². The molecule has 268 valence electrons. The van der Waals surface area contributed by atoms with Gasteiger partial charge in [-0.05, 0) is 86.3 Å². The van der Waals surface area contributed by atoms with Crippen LogP contribution < -0.4 is 0 Å². The highest BCUT2D eigenvalue weighted by Crippen LogP contribution is 2.63. The van der Waals surface area contributed by atoms with Crippen molar-refractivity contribution in [2.75, 3.05) is 0 Å². The van der Waals surface area contributed by atoms with Crippen LogP contribution in [0.5, 0.6) is 0 Å². The maximum absolute atomic E-state index is 5.16. The normalized spacial score (nSPS) is 13.1. The van der Waals surface area contributed by atoms with E-state index in [9.17, 15) is 0 Å². The Hall–Kier alpha value is -6.95. The zero-order chi connectivity index (χ0) is 37.9. The van der Waals surface area contributed by atoms with Crippen molar-refractivity contribution in [3.8, 4) is 67.5 Å². The zero-order valence-electron chi connectivity index (χ0n) is 31.1. The van der Waals surface area contributed by atoms with Crippen molar-refractivity contribution in [3.63, 3.8) is 0 Å². The highest BCUT2D eigenvalue weighted by molar-refractivity contribution is 7.99. The Balaban J connectivity index is 1.18.